The number of para-hydroxylation sites is 1. The molecule has 0 unspecified atom stereocenters. The van der Waals surface area contributed by atoms with E-state index in [0.29, 0.717) is 0 Å². The molecule has 1 aromatic carbocycles. The average molecular weight is 228 g/mol. The van der Waals surface area contributed by atoms with Gasteiger partial charge in [-0.05, 0) is 12.1 Å². The molecule has 0 aliphatic heterocycles. The minimum atomic E-state index is -4.72. The van der Waals surface area contributed by atoms with E-state index in [-0.39, 0.29) is 51.4 Å². The number of hydrogen-bond acceptors (Lipinski definition) is 5. The van der Waals surface area contributed by atoms with Gasteiger partial charge in [-0.25, -0.2) is 8.42 Å². The van der Waals surface area contributed by atoms with Crippen molar-refractivity contribution < 1.29 is 74.6 Å². The van der Waals surface area contributed by atoms with Crippen LogP contribution in [0, 0.1) is 0 Å². The fourth-order valence-electron chi connectivity index (χ4n) is 0.712. The zero-order valence-corrected chi connectivity index (χ0v) is 10.7. The van der Waals surface area contributed by atoms with Crippen LogP contribution in [-0.2, 0) is 10.1 Å². The Bertz CT molecular complexity index is 399. The zero-order valence-electron chi connectivity index (χ0n) is 6.76. The van der Waals surface area contributed by atoms with Crippen LogP contribution >= 0.6 is 0 Å². The van der Waals surface area contributed by atoms with Crippen molar-refractivity contribution in [3.05, 3.63) is 18.2 Å². The standard InChI is InChI=1S/C6H6O5S.K/c7-4-2-1-3-5(6(4)8)12(9,10)11;/h1-3,7-8H,(H,9,10,11);/q;+1/p-1. The smallest absolute Gasteiger partial charge is 0.744 e. The molecular formula is C6H5KO5S. The molecule has 0 saturated carbocycles. The summed E-state index contributed by atoms with van der Waals surface area (Å²) in [5.41, 5.74) is 0. The third kappa shape index (κ3) is 3.20. The van der Waals surface area contributed by atoms with Gasteiger partial charge in [-0.15, -0.1) is 0 Å². The number of phenols is 2. The molecule has 0 fully saturated rings. The Kier molecular flexibility index (Phi) is 4.87. The maximum absolute atomic E-state index is 10.4. The second kappa shape index (κ2) is 4.74. The van der Waals surface area contributed by atoms with Crippen molar-refractivity contribution in [1.29, 1.82) is 0 Å². The first-order valence-electron chi connectivity index (χ1n) is 2.90. The Morgan fingerprint density at radius 1 is 1.23 bits per heavy atom. The van der Waals surface area contributed by atoms with E-state index < -0.39 is 26.5 Å². The van der Waals surface area contributed by atoms with Crippen LogP contribution in [-0.4, -0.2) is 23.2 Å². The van der Waals surface area contributed by atoms with Crippen molar-refractivity contribution >= 4 is 10.1 Å². The maximum atomic E-state index is 10.4. The van der Waals surface area contributed by atoms with Gasteiger partial charge >= 0.3 is 51.4 Å². The van der Waals surface area contributed by atoms with Gasteiger partial charge in [0, 0.05) is 0 Å². The van der Waals surface area contributed by atoms with Gasteiger partial charge in [0.15, 0.2) is 11.5 Å². The van der Waals surface area contributed by atoms with Crippen molar-refractivity contribution in [3.8, 4) is 11.5 Å². The van der Waals surface area contributed by atoms with Crippen LogP contribution in [0.15, 0.2) is 23.1 Å². The fourth-order valence-corrected chi connectivity index (χ4v) is 1.30. The Labute approximate surface area is 118 Å². The van der Waals surface area contributed by atoms with Crippen LogP contribution in [0.4, 0.5) is 0 Å². The van der Waals surface area contributed by atoms with Gasteiger partial charge in [0.2, 0.25) is 0 Å². The van der Waals surface area contributed by atoms with E-state index in [1.165, 1.54) is 0 Å². The summed E-state index contributed by atoms with van der Waals surface area (Å²) in [6.07, 6.45) is 0. The van der Waals surface area contributed by atoms with Gasteiger partial charge in [-0.2, -0.15) is 0 Å². The van der Waals surface area contributed by atoms with E-state index in [1.807, 2.05) is 0 Å². The topological polar surface area (TPSA) is 97.7 Å². The summed E-state index contributed by atoms with van der Waals surface area (Å²) in [5, 5.41) is 17.7. The zero-order chi connectivity index (χ0) is 9.35. The summed E-state index contributed by atoms with van der Waals surface area (Å²) in [6.45, 7) is 0. The minimum Gasteiger partial charge on any atom is -0.744 e. The largest absolute Gasteiger partial charge is 1.00 e. The number of phenolic OH excluding ortho intramolecular Hbond substituents is 2. The molecule has 0 amide bonds. The average Bonchev–Trinajstić information content (AvgIpc) is 1.92. The van der Waals surface area contributed by atoms with Gasteiger partial charge in [0.1, 0.15) is 10.1 Å². The molecule has 0 bridgehead atoms. The number of rotatable bonds is 1. The van der Waals surface area contributed by atoms with E-state index in [0.717, 1.165) is 18.2 Å². The summed E-state index contributed by atoms with van der Waals surface area (Å²) in [4.78, 5) is -0.817. The molecule has 0 aliphatic carbocycles. The SMILES string of the molecule is O=S(=O)([O-])c1cccc(O)c1O.[K+]. The molecule has 0 aliphatic rings. The third-order valence-electron chi connectivity index (χ3n) is 1.25. The van der Waals surface area contributed by atoms with E-state index in [2.05, 4.69) is 0 Å². The summed E-state index contributed by atoms with van der Waals surface area (Å²) in [7, 11) is -4.72. The van der Waals surface area contributed by atoms with Crippen molar-refractivity contribution in [1.82, 2.24) is 0 Å². The van der Waals surface area contributed by atoms with E-state index in [4.69, 9.17) is 10.2 Å². The molecule has 5 nitrogen and oxygen atoms in total. The van der Waals surface area contributed by atoms with Crippen LogP contribution in [0.2, 0.25) is 0 Å². The monoisotopic (exact) mass is 228 g/mol. The molecule has 1 rings (SSSR count). The van der Waals surface area contributed by atoms with Crippen LogP contribution < -0.4 is 51.4 Å². The molecule has 66 valence electrons. The van der Waals surface area contributed by atoms with Crippen molar-refractivity contribution in [2.24, 2.45) is 0 Å². The first kappa shape index (κ1) is 13.4. The first-order valence-corrected chi connectivity index (χ1v) is 4.30. The number of hydrogen-bond donors (Lipinski definition) is 2. The predicted molar refractivity (Wildman–Crippen MR) is 37.7 cm³/mol. The van der Waals surface area contributed by atoms with E-state index in [9.17, 15) is 13.0 Å². The summed E-state index contributed by atoms with van der Waals surface area (Å²) >= 11 is 0. The molecule has 0 radical (unpaired) electrons. The van der Waals surface area contributed by atoms with Gasteiger partial charge in [-0.1, -0.05) is 6.07 Å². The molecule has 1 aromatic rings. The van der Waals surface area contributed by atoms with Crippen molar-refractivity contribution in [2.45, 2.75) is 4.90 Å². The second-order valence-corrected chi connectivity index (χ2v) is 3.43. The molecule has 0 aromatic heterocycles. The van der Waals surface area contributed by atoms with Gasteiger partial charge in [-0.3, -0.25) is 0 Å². The Morgan fingerprint density at radius 3 is 2.15 bits per heavy atom. The van der Waals surface area contributed by atoms with E-state index in [1.54, 1.807) is 0 Å². The molecule has 2 N–H and O–H groups in total. The normalized spacial score (nSPS) is 10.5. The number of benzene rings is 1. The molecule has 13 heavy (non-hydrogen) atoms. The molecular weight excluding hydrogens is 223 g/mol. The van der Waals surface area contributed by atoms with Crippen LogP contribution in [0.25, 0.3) is 0 Å². The van der Waals surface area contributed by atoms with Crippen molar-refractivity contribution in [2.75, 3.05) is 0 Å². The maximum Gasteiger partial charge on any atom is 1.00 e. The van der Waals surface area contributed by atoms with Gasteiger partial charge in [0.25, 0.3) is 0 Å². The Morgan fingerprint density at radius 2 is 1.77 bits per heavy atom. The Hall–Kier alpha value is 0.366. The van der Waals surface area contributed by atoms with Crippen LogP contribution in [0.5, 0.6) is 11.5 Å². The van der Waals surface area contributed by atoms with Crippen molar-refractivity contribution in [3.63, 3.8) is 0 Å². The first-order chi connectivity index (χ1) is 5.43. The molecule has 0 atom stereocenters. The van der Waals surface area contributed by atoms with Crippen LogP contribution in [0.1, 0.15) is 0 Å². The quantitative estimate of drug-likeness (QED) is 0.303. The van der Waals surface area contributed by atoms with Gasteiger partial charge < -0.3 is 14.8 Å². The third-order valence-corrected chi connectivity index (χ3v) is 2.12. The summed E-state index contributed by atoms with van der Waals surface area (Å²) in [5.74, 6) is -1.54. The summed E-state index contributed by atoms with van der Waals surface area (Å²) in [6, 6.07) is 3.14. The molecule has 7 heteroatoms. The molecule has 0 spiro atoms. The second-order valence-electron chi connectivity index (χ2n) is 2.08. The molecule has 0 saturated heterocycles. The minimum absolute atomic E-state index is 0. The Balaban J connectivity index is 0.00000144. The number of aromatic hydroxyl groups is 2. The van der Waals surface area contributed by atoms with Crippen LogP contribution in [0.3, 0.4) is 0 Å². The summed E-state index contributed by atoms with van der Waals surface area (Å²) < 4.78 is 31.1. The van der Waals surface area contributed by atoms with E-state index >= 15 is 0 Å². The fraction of sp³-hybridized carbons (Fsp3) is 0. The molecule has 0 heterocycles. The predicted octanol–water partition coefficient (Wildman–Crippen LogP) is -2.99. The van der Waals surface area contributed by atoms with Gasteiger partial charge in [0.05, 0.1) is 4.90 Å².